The van der Waals surface area contributed by atoms with Crippen LogP contribution >= 0.6 is 0 Å². The van der Waals surface area contributed by atoms with Crippen LogP contribution in [0.15, 0.2) is 42.7 Å². The number of carbonyl (C=O) groups is 1. The van der Waals surface area contributed by atoms with Gasteiger partial charge >= 0.3 is 0 Å². The summed E-state index contributed by atoms with van der Waals surface area (Å²) >= 11 is 0. The Balaban J connectivity index is 2.03. The van der Waals surface area contributed by atoms with Crippen LogP contribution in [0, 0.1) is 5.82 Å². The molecule has 19 heavy (non-hydrogen) atoms. The van der Waals surface area contributed by atoms with Gasteiger partial charge in [-0.15, -0.1) is 0 Å². The number of rotatable bonds is 1. The van der Waals surface area contributed by atoms with Crippen LogP contribution in [0.4, 0.5) is 10.1 Å². The van der Waals surface area contributed by atoms with Gasteiger partial charge in [0.25, 0.3) is 5.91 Å². The third-order valence-electron chi connectivity index (χ3n) is 3.32. The third kappa shape index (κ3) is 2.10. The lowest BCUT2D eigenvalue weighted by Gasteiger charge is -2.29. The number of aryl methyl sites for hydroxylation is 1. The van der Waals surface area contributed by atoms with Crippen molar-refractivity contribution < 1.29 is 9.18 Å². The number of hydrogen-bond donors (Lipinski definition) is 0. The van der Waals surface area contributed by atoms with Crippen molar-refractivity contribution in [3.8, 4) is 0 Å². The number of carbonyl (C=O) groups excluding carboxylic acids is 1. The van der Waals surface area contributed by atoms with E-state index in [1.807, 2.05) is 6.07 Å². The number of amides is 1. The quantitative estimate of drug-likeness (QED) is 0.786. The number of benzene rings is 1. The van der Waals surface area contributed by atoms with Crippen LogP contribution in [0.25, 0.3) is 0 Å². The Hall–Kier alpha value is -2.23. The molecule has 0 atom stereocenters. The number of para-hydroxylation sites is 1. The summed E-state index contributed by atoms with van der Waals surface area (Å²) in [5.74, 6) is -0.534. The van der Waals surface area contributed by atoms with E-state index in [0.29, 0.717) is 17.8 Å². The fraction of sp³-hybridized carbons (Fsp3) is 0.200. The first-order valence-corrected chi connectivity index (χ1v) is 6.26. The summed E-state index contributed by atoms with van der Waals surface area (Å²) in [7, 11) is 0. The lowest BCUT2D eigenvalue weighted by atomic mass is 10.0. The molecule has 3 nitrogen and oxygen atoms in total. The molecule has 0 saturated carbocycles. The highest BCUT2D eigenvalue weighted by molar-refractivity contribution is 6.06. The normalized spacial score (nSPS) is 14.1. The van der Waals surface area contributed by atoms with E-state index in [2.05, 4.69) is 4.98 Å². The monoisotopic (exact) mass is 256 g/mol. The SMILES string of the molecule is O=C(c1cccnc1)N1CCCc2cccc(F)c21. The van der Waals surface area contributed by atoms with E-state index < -0.39 is 0 Å². The van der Waals surface area contributed by atoms with E-state index in [0.717, 1.165) is 18.4 Å². The smallest absolute Gasteiger partial charge is 0.259 e. The van der Waals surface area contributed by atoms with Gasteiger partial charge in [-0.3, -0.25) is 9.78 Å². The standard InChI is InChI=1S/C15H13FN2O/c16-13-7-1-4-11-6-3-9-18(14(11)13)15(19)12-5-2-8-17-10-12/h1-2,4-5,7-8,10H,3,6,9H2. The van der Waals surface area contributed by atoms with Crippen molar-refractivity contribution in [2.24, 2.45) is 0 Å². The molecular formula is C15H13FN2O. The average Bonchev–Trinajstić information content (AvgIpc) is 2.47. The molecule has 0 spiro atoms. The summed E-state index contributed by atoms with van der Waals surface area (Å²) in [6.45, 7) is 0.543. The van der Waals surface area contributed by atoms with Gasteiger partial charge in [0, 0.05) is 18.9 Å². The van der Waals surface area contributed by atoms with E-state index in [-0.39, 0.29) is 11.7 Å². The van der Waals surface area contributed by atoms with Crippen LogP contribution in [0.1, 0.15) is 22.3 Å². The zero-order valence-corrected chi connectivity index (χ0v) is 10.3. The Morgan fingerprint density at radius 2 is 2.16 bits per heavy atom. The Labute approximate surface area is 110 Å². The minimum atomic E-state index is -0.338. The molecule has 0 N–H and O–H groups in total. The number of aromatic nitrogens is 1. The molecule has 0 aliphatic carbocycles. The van der Waals surface area contributed by atoms with E-state index >= 15 is 0 Å². The van der Waals surface area contributed by atoms with E-state index in [9.17, 15) is 9.18 Å². The molecule has 1 aromatic carbocycles. The molecule has 1 aliphatic heterocycles. The Bertz CT molecular complexity index is 613. The summed E-state index contributed by atoms with van der Waals surface area (Å²) in [5.41, 5.74) is 1.80. The predicted molar refractivity (Wildman–Crippen MR) is 70.6 cm³/mol. The van der Waals surface area contributed by atoms with Crippen LogP contribution in [-0.2, 0) is 6.42 Å². The third-order valence-corrected chi connectivity index (χ3v) is 3.32. The topological polar surface area (TPSA) is 33.2 Å². The van der Waals surface area contributed by atoms with Gasteiger partial charge in [-0.2, -0.15) is 0 Å². The van der Waals surface area contributed by atoms with Gasteiger partial charge < -0.3 is 4.90 Å². The number of hydrogen-bond acceptors (Lipinski definition) is 2. The van der Waals surface area contributed by atoms with Crippen molar-refractivity contribution in [2.75, 3.05) is 11.4 Å². The van der Waals surface area contributed by atoms with Crippen molar-refractivity contribution in [3.05, 3.63) is 59.7 Å². The van der Waals surface area contributed by atoms with Crippen LogP contribution in [-0.4, -0.2) is 17.4 Å². The minimum Gasteiger partial charge on any atom is -0.305 e. The zero-order chi connectivity index (χ0) is 13.2. The number of fused-ring (bicyclic) bond motifs is 1. The molecule has 0 fully saturated rings. The molecule has 1 aliphatic rings. The first kappa shape index (κ1) is 11.8. The highest BCUT2D eigenvalue weighted by Gasteiger charge is 2.26. The summed E-state index contributed by atoms with van der Waals surface area (Å²) in [4.78, 5) is 17.9. The fourth-order valence-electron chi connectivity index (χ4n) is 2.45. The maximum absolute atomic E-state index is 14.0. The van der Waals surface area contributed by atoms with Crippen molar-refractivity contribution in [3.63, 3.8) is 0 Å². The fourth-order valence-corrected chi connectivity index (χ4v) is 2.45. The molecule has 0 bridgehead atoms. The molecule has 0 unspecified atom stereocenters. The maximum atomic E-state index is 14.0. The van der Waals surface area contributed by atoms with Crippen LogP contribution in [0.2, 0.25) is 0 Å². The van der Waals surface area contributed by atoms with Crippen molar-refractivity contribution in [2.45, 2.75) is 12.8 Å². The second kappa shape index (κ2) is 4.80. The molecule has 4 heteroatoms. The van der Waals surface area contributed by atoms with Gasteiger partial charge in [-0.1, -0.05) is 12.1 Å². The molecule has 1 amide bonds. The Kier molecular flexibility index (Phi) is 2.99. The van der Waals surface area contributed by atoms with Gasteiger partial charge in [0.2, 0.25) is 0 Å². The Morgan fingerprint density at radius 1 is 1.26 bits per heavy atom. The summed E-state index contributed by atoms with van der Waals surface area (Å²) < 4.78 is 14.0. The molecule has 3 rings (SSSR count). The van der Waals surface area contributed by atoms with Gasteiger partial charge in [-0.25, -0.2) is 4.39 Å². The van der Waals surface area contributed by atoms with Gasteiger partial charge in [0.1, 0.15) is 5.82 Å². The van der Waals surface area contributed by atoms with Crippen molar-refractivity contribution in [1.29, 1.82) is 0 Å². The number of anilines is 1. The van der Waals surface area contributed by atoms with Gasteiger partial charge in [0.05, 0.1) is 11.3 Å². The molecule has 96 valence electrons. The number of nitrogens with zero attached hydrogens (tertiary/aromatic N) is 2. The summed E-state index contributed by atoms with van der Waals surface area (Å²) in [6, 6.07) is 8.37. The highest BCUT2D eigenvalue weighted by atomic mass is 19.1. The minimum absolute atomic E-state index is 0.195. The molecule has 1 aromatic heterocycles. The molecule has 0 saturated heterocycles. The second-order valence-electron chi connectivity index (χ2n) is 4.55. The largest absolute Gasteiger partial charge is 0.305 e. The van der Waals surface area contributed by atoms with Crippen molar-refractivity contribution in [1.82, 2.24) is 4.98 Å². The number of halogens is 1. The summed E-state index contributed by atoms with van der Waals surface area (Å²) in [5, 5.41) is 0. The van der Waals surface area contributed by atoms with E-state index in [1.54, 1.807) is 24.4 Å². The van der Waals surface area contributed by atoms with Crippen LogP contribution in [0.5, 0.6) is 0 Å². The second-order valence-corrected chi connectivity index (χ2v) is 4.55. The first-order chi connectivity index (χ1) is 9.27. The van der Waals surface area contributed by atoms with Gasteiger partial charge in [-0.05, 0) is 36.6 Å². The lowest BCUT2D eigenvalue weighted by molar-refractivity contribution is 0.0984. The highest BCUT2D eigenvalue weighted by Crippen LogP contribution is 2.30. The molecular weight excluding hydrogens is 243 g/mol. The lowest BCUT2D eigenvalue weighted by Crippen LogP contribution is -2.36. The average molecular weight is 256 g/mol. The number of pyridine rings is 1. The van der Waals surface area contributed by atoms with Gasteiger partial charge in [0.15, 0.2) is 0 Å². The molecule has 0 radical (unpaired) electrons. The van der Waals surface area contributed by atoms with E-state index in [1.165, 1.54) is 17.2 Å². The Morgan fingerprint density at radius 3 is 2.95 bits per heavy atom. The summed E-state index contributed by atoms with van der Waals surface area (Å²) in [6.07, 6.45) is 4.78. The maximum Gasteiger partial charge on any atom is 0.259 e. The van der Waals surface area contributed by atoms with Crippen LogP contribution < -0.4 is 4.90 Å². The first-order valence-electron chi connectivity index (χ1n) is 6.26. The van der Waals surface area contributed by atoms with E-state index in [4.69, 9.17) is 0 Å². The molecule has 2 heterocycles. The zero-order valence-electron chi connectivity index (χ0n) is 10.3. The predicted octanol–water partition coefficient (Wildman–Crippen LogP) is 2.81. The molecule has 2 aromatic rings. The van der Waals surface area contributed by atoms with Crippen LogP contribution in [0.3, 0.4) is 0 Å². The van der Waals surface area contributed by atoms with Crippen molar-refractivity contribution >= 4 is 11.6 Å².